The SMILES string of the molecule is CCN(C(=O)CCC(C)N)c1cc(O)ccc1C. The highest BCUT2D eigenvalue weighted by Crippen LogP contribution is 2.25. The van der Waals surface area contributed by atoms with Crippen LogP contribution in [0, 0.1) is 6.92 Å². The van der Waals surface area contributed by atoms with Crippen LogP contribution in [0.2, 0.25) is 0 Å². The Bertz CT molecular complexity index is 416. The van der Waals surface area contributed by atoms with Gasteiger partial charge in [-0.15, -0.1) is 0 Å². The standard InChI is InChI=1S/C14H22N2O2/c1-4-16(14(18)8-6-11(3)15)13-9-12(17)7-5-10(13)2/h5,7,9,11,17H,4,6,8,15H2,1-3H3. The molecule has 100 valence electrons. The monoisotopic (exact) mass is 250 g/mol. The molecule has 1 rings (SSSR count). The molecule has 0 heterocycles. The normalized spacial score (nSPS) is 12.2. The quantitative estimate of drug-likeness (QED) is 0.841. The number of aromatic hydroxyl groups is 1. The lowest BCUT2D eigenvalue weighted by Crippen LogP contribution is -2.32. The summed E-state index contributed by atoms with van der Waals surface area (Å²) in [5.74, 6) is 0.220. The summed E-state index contributed by atoms with van der Waals surface area (Å²) in [5, 5.41) is 9.52. The van der Waals surface area contributed by atoms with Crippen molar-refractivity contribution in [3.63, 3.8) is 0 Å². The second kappa shape index (κ2) is 6.40. The van der Waals surface area contributed by atoms with Crippen LogP contribution >= 0.6 is 0 Å². The maximum absolute atomic E-state index is 12.1. The lowest BCUT2D eigenvalue weighted by atomic mass is 10.1. The second-order valence-electron chi connectivity index (χ2n) is 4.62. The van der Waals surface area contributed by atoms with Crippen molar-refractivity contribution in [3.05, 3.63) is 23.8 Å². The van der Waals surface area contributed by atoms with E-state index < -0.39 is 0 Å². The Morgan fingerprint density at radius 3 is 2.72 bits per heavy atom. The fraction of sp³-hybridized carbons (Fsp3) is 0.500. The molecule has 0 aliphatic rings. The number of hydrogen-bond donors (Lipinski definition) is 2. The van der Waals surface area contributed by atoms with Gasteiger partial charge in [0.05, 0.1) is 5.69 Å². The fourth-order valence-corrected chi connectivity index (χ4v) is 1.86. The molecule has 0 bridgehead atoms. The van der Waals surface area contributed by atoms with E-state index in [4.69, 9.17) is 5.73 Å². The van der Waals surface area contributed by atoms with Crippen molar-refractivity contribution < 1.29 is 9.90 Å². The van der Waals surface area contributed by atoms with Crippen molar-refractivity contribution in [1.82, 2.24) is 0 Å². The number of carbonyl (C=O) groups excluding carboxylic acids is 1. The maximum atomic E-state index is 12.1. The molecule has 1 unspecified atom stereocenters. The van der Waals surface area contributed by atoms with Gasteiger partial charge in [0.1, 0.15) is 5.75 Å². The van der Waals surface area contributed by atoms with Crippen LogP contribution in [-0.4, -0.2) is 23.6 Å². The number of phenolic OH excluding ortho intramolecular Hbond substituents is 1. The second-order valence-corrected chi connectivity index (χ2v) is 4.62. The number of amides is 1. The number of nitrogens with zero attached hydrogens (tertiary/aromatic N) is 1. The minimum absolute atomic E-state index is 0.0259. The molecular weight excluding hydrogens is 228 g/mol. The van der Waals surface area contributed by atoms with E-state index in [-0.39, 0.29) is 17.7 Å². The van der Waals surface area contributed by atoms with E-state index in [9.17, 15) is 9.90 Å². The predicted octanol–water partition coefficient (Wildman–Crippen LogP) is 2.18. The van der Waals surface area contributed by atoms with E-state index >= 15 is 0 Å². The van der Waals surface area contributed by atoms with Gasteiger partial charge in [-0.05, 0) is 38.8 Å². The van der Waals surface area contributed by atoms with Crippen LogP contribution in [0.5, 0.6) is 5.75 Å². The lowest BCUT2D eigenvalue weighted by molar-refractivity contribution is -0.118. The Kier molecular flexibility index (Phi) is 5.16. The number of rotatable bonds is 5. The largest absolute Gasteiger partial charge is 0.508 e. The molecule has 0 aromatic heterocycles. The van der Waals surface area contributed by atoms with Crippen molar-refractivity contribution in [2.45, 2.75) is 39.7 Å². The number of carbonyl (C=O) groups is 1. The third-order valence-electron chi connectivity index (χ3n) is 2.91. The first-order valence-electron chi connectivity index (χ1n) is 6.31. The molecule has 0 radical (unpaired) electrons. The zero-order valence-corrected chi connectivity index (χ0v) is 11.3. The molecule has 1 aromatic carbocycles. The minimum atomic E-state index is 0.0259. The van der Waals surface area contributed by atoms with Gasteiger partial charge in [0.2, 0.25) is 5.91 Å². The third kappa shape index (κ3) is 3.74. The molecule has 3 N–H and O–H groups in total. The summed E-state index contributed by atoms with van der Waals surface area (Å²) in [4.78, 5) is 13.8. The number of nitrogens with two attached hydrogens (primary N) is 1. The summed E-state index contributed by atoms with van der Waals surface area (Å²) >= 11 is 0. The average Bonchev–Trinajstić information content (AvgIpc) is 2.32. The van der Waals surface area contributed by atoms with Gasteiger partial charge >= 0.3 is 0 Å². The molecule has 0 aliphatic heterocycles. The fourth-order valence-electron chi connectivity index (χ4n) is 1.86. The molecule has 1 atom stereocenters. The number of aryl methyl sites for hydroxylation is 1. The Morgan fingerprint density at radius 2 is 2.17 bits per heavy atom. The molecular formula is C14H22N2O2. The van der Waals surface area contributed by atoms with Crippen molar-refractivity contribution in [1.29, 1.82) is 0 Å². The van der Waals surface area contributed by atoms with Crippen molar-refractivity contribution in [2.24, 2.45) is 5.73 Å². The van der Waals surface area contributed by atoms with E-state index in [1.54, 1.807) is 17.0 Å². The molecule has 4 nitrogen and oxygen atoms in total. The summed E-state index contributed by atoms with van der Waals surface area (Å²) in [6.07, 6.45) is 1.10. The van der Waals surface area contributed by atoms with Crippen LogP contribution < -0.4 is 10.6 Å². The van der Waals surface area contributed by atoms with Crippen LogP contribution in [-0.2, 0) is 4.79 Å². The molecule has 0 fully saturated rings. The zero-order chi connectivity index (χ0) is 13.7. The number of phenols is 1. The van der Waals surface area contributed by atoms with Gasteiger partial charge in [-0.3, -0.25) is 4.79 Å². The van der Waals surface area contributed by atoms with E-state index in [1.165, 1.54) is 0 Å². The molecule has 18 heavy (non-hydrogen) atoms. The molecule has 4 heteroatoms. The molecule has 1 aromatic rings. The van der Waals surface area contributed by atoms with Gasteiger partial charge in [-0.1, -0.05) is 6.07 Å². The van der Waals surface area contributed by atoms with Gasteiger partial charge in [-0.25, -0.2) is 0 Å². The molecule has 0 saturated heterocycles. The van der Waals surface area contributed by atoms with Gasteiger partial charge in [0.25, 0.3) is 0 Å². The number of anilines is 1. The first-order chi connectivity index (χ1) is 8.45. The Morgan fingerprint density at radius 1 is 1.50 bits per heavy atom. The molecule has 1 amide bonds. The third-order valence-corrected chi connectivity index (χ3v) is 2.91. The summed E-state index contributed by atoms with van der Waals surface area (Å²) in [6, 6.07) is 5.09. The number of benzene rings is 1. The lowest BCUT2D eigenvalue weighted by Gasteiger charge is -2.23. The predicted molar refractivity (Wildman–Crippen MR) is 73.8 cm³/mol. The summed E-state index contributed by atoms with van der Waals surface area (Å²) in [5.41, 5.74) is 7.41. The highest BCUT2D eigenvalue weighted by molar-refractivity contribution is 5.94. The van der Waals surface area contributed by atoms with Crippen LogP contribution in [0.3, 0.4) is 0 Å². The first kappa shape index (κ1) is 14.5. The maximum Gasteiger partial charge on any atom is 0.227 e. The van der Waals surface area contributed by atoms with Crippen LogP contribution in [0.1, 0.15) is 32.3 Å². The van der Waals surface area contributed by atoms with Gasteiger partial charge in [-0.2, -0.15) is 0 Å². The van der Waals surface area contributed by atoms with E-state index in [0.29, 0.717) is 19.4 Å². The summed E-state index contributed by atoms with van der Waals surface area (Å²) < 4.78 is 0. The minimum Gasteiger partial charge on any atom is -0.508 e. The average molecular weight is 250 g/mol. The van der Waals surface area contributed by atoms with Crippen molar-refractivity contribution >= 4 is 11.6 Å². The summed E-state index contributed by atoms with van der Waals surface area (Å²) in [6.45, 7) is 6.33. The highest BCUT2D eigenvalue weighted by atomic mass is 16.3. The van der Waals surface area contributed by atoms with E-state index in [2.05, 4.69) is 0 Å². The molecule has 0 aliphatic carbocycles. The van der Waals surface area contributed by atoms with Crippen molar-refractivity contribution in [2.75, 3.05) is 11.4 Å². The smallest absolute Gasteiger partial charge is 0.227 e. The zero-order valence-electron chi connectivity index (χ0n) is 11.3. The van der Waals surface area contributed by atoms with Gasteiger partial charge < -0.3 is 15.7 Å². The first-order valence-corrected chi connectivity index (χ1v) is 6.31. The van der Waals surface area contributed by atoms with Gasteiger partial charge in [0, 0.05) is 25.1 Å². The van der Waals surface area contributed by atoms with E-state index in [1.807, 2.05) is 26.8 Å². The van der Waals surface area contributed by atoms with Gasteiger partial charge in [0.15, 0.2) is 0 Å². The van der Waals surface area contributed by atoms with E-state index in [0.717, 1.165) is 11.3 Å². The Balaban J connectivity index is 2.88. The van der Waals surface area contributed by atoms with Crippen molar-refractivity contribution in [3.8, 4) is 5.75 Å². The Labute approximate surface area is 108 Å². The van der Waals surface area contributed by atoms with Crippen LogP contribution in [0.4, 0.5) is 5.69 Å². The highest BCUT2D eigenvalue weighted by Gasteiger charge is 2.16. The summed E-state index contributed by atoms with van der Waals surface area (Å²) in [7, 11) is 0. The van der Waals surface area contributed by atoms with Crippen LogP contribution in [0.15, 0.2) is 18.2 Å². The van der Waals surface area contributed by atoms with Crippen LogP contribution in [0.25, 0.3) is 0 Å². The number of hydrogen-bond acceptors (Lipinski definition) is 3. The Hall–Kier alpha value is -1.55. The molecule has 0 spiro atoms. The molecule has 0 saturated carbocycles. The topological polar surface area (TPSA) is 66.6 Å².